The van der Waals surface area contributed by atoms with Crippen molar-refractivity contribution in [1.29, 1.82) is 0 Å². The Kier molecular flexibility index (Phi) is 3.81. The Bertz CT molecular complexity index is 1160. The first-order chi connectivity index (χ1) is 12.2. The van der Waals surface area contributed by atoms with E-state index >= 15 is 0 Å². The molecule has 0 bridgehead atoms. The highest BCUT2D eigenvalue weighted by atomic mass is 35.5. The first-order valence-electron chi connectivity index (χ1n) is 7.81. The van der Waals surface area contributed by atoms with Gasteiger partial charge in [-0.05, 0) is 35.9 Å². The first-order valence-corrected chi connectivity index (χ1v) is 10.0. The third-order valence-corrected chi connectivity index (χ3v) is 6.86. The highest BCUT2D eigenvalue weighted by Gasteiger charge is 2.54. The highest BCUT2D eigenvalue weighted by molar-refractivity contribution is 7.93. The predicted octanol–water partition coefficient (Wildman–Crippen LogP) is 4.51. The van der Waals surface area contributed by atoms with Crippen LogP contribution in [0.1, 0.15) is 11.1 Å². The van der Waals surface area contributed by atoms with Crippen LogP contribution in [0.25, 0.3) is 10.8 Å². The molecule has 0 atom stereocenters. The number of carbonyl (C=O) groups excluding carboxylic acids is 1. The van der Waals surface area contributed by atoms with Crippen molar-refractivity contribution in [2.75, 3.05) is 4.31 Å². The number of alkyl halides is 2. The van der Waals surface area contributed by atoms with E-state index in [1.165, 1.54) is 12.1 Å². The number of amides is 1. The van der Waals surface area contributed by atoms with Gasteiger partial charge in [-0.1, -0.05) is 71.2 Å². The van der Waals surface area contributed by atoms with E-state index in [4.69, 9.17) is 23.2 Å². The zero-order chi connectivity index (χ0) is 18.7. The van der Waals surface area contributed by atoms with Gasteiger partial charge in [-0.25, -0.2) is 8.42 Å². The number of fused-ring (bicyclic) bond motifs is 3. The Hall–Kier alpha value is -2.08. The Morgan fingerprint density at radius 2 is 1.58 bits per heavy atom. The Labute approximate surface area is 161 Å². The summed E-state index contributed by atoms with van der Waals surface area (Å²) in [6.07, 6.45) is 0. The molecule has 132 valence electrons. The van der Waals surface area contributed by atoms with Crippen LogP contribution < -0.4 is 4.31 Å². The van der Waals surface area contributed by atoms with Crippen LogP contribution in [0.5, 0.6) is 0 Å². The lowest BCUT2D eigenvalue weighted by molar-refractivity contribution is -0.117. The van der Waals surface area contributed by atoms with Crippen molar-refractivity contribution in [3.8, 4) is 0 Å². The lowest BCUT2D eigenvalue weighted by Crippen LogP contribution is -2.38. The van der Waals surface area contributed by atoms with Gasteiger partial charge < -0.3 is 0 Å². The standard InChI is InChI=1S/C19H13Cl2NO3S/c1-12-6-9-14(10-7-12)26(24,25)22-16-11-8-13-4-2-3-5-15(13)17(16)19(20,21)18(22)23/h2-11H,1H3. The van der Waals surface area contributed by atoms with Gasteiger partial charge in [0.1, 0.15) is 0 Å². The lowest BCUT2D eigenvalue weighted by atomic mass is 10.0. The number of aryl methyl sites for hydroxylation is 1. The third kappa shape index (κ3) is 2.35. The average Bonchev–Trinajstić information content (AvgIpc) is 2.82. The molecule has 1 amide bonds. The number of hydrogen-bond acceptors (Lipinski definition) is 3. The Balaban J connectivity index is 2.00. The number of halogens is 2. The molecule has 0 unspecified atom stereocenters. The molecule has 4 nitrogen and oxygen atoms in total. The number of rotatable bonds is 2. The maximum atomic E-state index is 13.1. The van der Waals surface area contributed by atoms with Crippen LogP contribution in [-0.2, 0) is 19.2 Å². The molecule has 3 aromatic carbocycles. The molecule has 0 spiro atoms. The van der Waals surface area contributed by atoms with Crippen LogP contribution in [0.4, 0.5) is 5.69 Å². The molecule has 0 aromatic heterocycles. The molecule has 1 aliphatic heterocycles. The van der Waals surface area contributed by atoms with E-state index in [1.807, 2.05) is 19.1 Å². The summed E-state index contributed by atoms with van der Waals surface area (Å²) in [6.45, 7) is 1.85. The average molecular weight is 406 g/mol. The van der Waals surface area contributed by atoms with Crippen molar-refractivity contribution in [2.45, 2.75) is 16.2 Å². The number of benzene rings is 3. The van der Waals surface area contributed by atoms with Gasteiger partial charge in [0.2, 0.25) is 4.33 Å². The smallest absolute Gasteiger partial charge is 0.269 e. The third-order valence-electron chi connectivity index (χ3n) is 4.45. The van der Waals surface area contributed by atoms with Crippen LogP contribution in [0.2, 0.25) is 0 Å². The number of hydrogen-bond donors (Lipinski definition) is 0. The summed E-state index contributed by atoms with van der Waals surface area (Å²) >= 11 is 12.7. The Morgan fingerprint density at radius 1 is 0.923 bits per heavy atom. The second-order valence-electron chi connectivity index (χ2n) is 6.14. The highest BCUT2D eigenvalue weighted by Crippen LogP contribution is 2.52. The monoisotopic (exact) mass is 405 g/mol. The minimum atomic E-state index is -4.14. The maximum absolute atomic E-state index is 13.1. The lowest BCUT2D eigenvalue weighted by Gasteiger charge is -2.18. The van der Waals surface area contributed by atoms with Crippen LogP contribution in [-0.4, -0.2) is 14.3 Å². The molecule has 26 heavy (non-hydrogen) atoms. The molecule has 0 fully saturated rings. The summed E-state index contributed by atoms with van der Waals surface area (Å²) in [5, 5.41) is 1.46. The fourth-order valence-corrected chi connectivity index (χ4v) is 5.28. The van der Waals surface area contributed by atoms with E-state index in [1.54, 1.807) is 36.4 Å². The maximum Gasteiger partial charge on any atom is 0.282 e. The van der Waals surface area contributed by atoms with Crippen LogP contribution in [0.3, 0.4) is 0 Å². The fourth-order valence-electron chi connectivity index (χ4n) is 3.16. The SMILES string of the molecule is Cc1ccc(S(=O)(=O)N2C(=O)C(Cl)(Cl)c3c2ccc2ccccc32)cc1. The van der Waals surface area contributed by atoms with E-state index < -0.39 is 20.3 Å². The molecule has 0 aliphatic carbocycles. The molecule has 0 radical (unpaired) electrons. The van der Waals surface area contributed by atoms with E-state index in [-0.39, 0.29) is 10.6 Å². The quantitative estimate of drug-likeness (QED) is 0.589. The van der Waals surface area contributed by atoms with Crippen molar-refractivity contribution in [1.82, 2.24) is 0 Å². The summed E-state index contributed by atoms with van der Waals surface area (Å²) in [4.78, 5) is 12.9. The fraction of sp³-hybridized carbons (Fsp3) is 0.105. The van der Waals surface area contributed by atoms with E-state index in [2.05, 4.69) is 0 Å². The normalized spacial score (nSPS) is 16.1. The van der Waals surface area contributed by atoms with Crippen molar-refractivity contribution < 1.29 is 13.2 Å². The first kappa shape index (κ1) is 17.3. The van der Waals surface area contributed by atoms with Gasteiger partial charge in [0.25, 0.3) is 15.9 Å². The minimum Gasteiger partial charge on any atom is -0.269 e. The molecule has 4 rings (SSSR count). The second kappa shape index (κ2) is 5.71. The molecule has 1 aliphatic rings. The van der Waals surface area contributed by atoms with Crippen LogP contribution in [0.15, 0.2) is 65.6 Å². The number of sulfonamides is 1. The zero-order valence-electron chi connectivity index (χ0n) is 13.6. The number of carbonyl (C=O) groups is 1. The van der Waals surface area contributed by atoms with Gasteiger partial charge in [-0.2, -0.15) is 4.31 Å². The van der Waals surface area contributed by atoms with Gasteiger partial charge in [0.15, 0.2) is 0 Å². The van der Waals surface area contributed by atoms with Gasteiger partial charge >= 0.3 is 0 Å². The molecular formula is C19H13Cl2NO3S. The minimum absolute atomic E-state index is 0.00147. The van der Waals surface area contributed by atoms with Gasteiger partial charge in [-0.15, -0.1) is 0 Å². The second-order valence-corrected chi connectivity index (χ2v) is 9.26. The van der Waals surface area contributed by atoms with Gasteiger partial charge in [0.05, 0.1) is 10.6 Å². The molecule has 3 aromatic rings. The van der Waals surface area contributed by atoms with Gasteiger partial charge in [0, 0.05) is 5.56 Å². The summed E-state index contributed by atoms with van der Waals surface area (Å²) in [7, 11) is -4.14. The Morgan fingerprint density at radius 3 is 2.27 bits per heavy atom. The van der Waals surface area contributed by atoms with Crippen LogP contribution in [0, 0.1) is 6.92 Å². The zero-order valence-corrected chi connectivity index (χ0v) is 15.9. The summed E-state index contributed by atoms with van der Waals surface area (Å²) in [5.41, 5.74) is 1.38. The van der Waals surface area contributed by atoms with Crippen molar-refractivity contribution in [2.24, 2.45) is 0 Å². The van der Waals surface area contributed by atoms with Crippen molar-refractivity contribution >= 4 is 55.6 Å². The van der Waals surface area contributed by atoms with Crippen molar-refractivity contribution in [3.63, 3.8) is 0 Å². The number of anilines is 1. The largest absolute Gasteiger partial charge is 0.282 e. The molecular weight excluding hydrogens is 393 g/mol. The summed E-state index contributed by atoms with van der Waals surface area (Å²) < 4.78 is 25.0. The molecule has 7 heteroatoms. The molecule has 0 N–H and O–H groups in total. The topological polar surface area (TPSA) is 54.5 Å². The van der Waals surface area contributed by atoms with Crippen molar-refractivity contribution in [3.05, 3.63) is 71.8 Å². The van der Waals surface area contributed by atoms with Gasteiger partial charge in [-0.3, -0.25) is 4.79 Å². The number of nitrogens with zero attached hydrogens (tertiary/aromatic N) is 1. The summed E-state index contributed by atoms with van der Waals surface area (Å²) in [5.74, 6) is -0.896. The van der Waals surface area contributed by atoms with E-state index in [9.17, 15) is 13.2 Å². The van der Waals surface area contributed by atoms with Crippen LogP contribution >= 0.6 is 23.2 Å². The van der Waals surface area contributed by atoms with E-state index in [0.29, 0.717) is 15.3 Å². The summed E-state index contributed by atoms with van der Waals surface area (Å²) in [6, 6.07) is 16.8. The van der Waals surface area contributed by atoms with E-state index in [0.717, 1.165) is 10.9 Å². The molecule has 1 heterocycles. The molecule has 0 saturated carbocycles. The molecule has 0 saturated heterocycles. The predicted molar refractivity (Wildman–Crippen MR) is 103 cm³/mol.